The zero-order valence-corrected chi connectivity index (χ0v) is 17.0. The molecule has 0 bridgehead atoms. The van der Waals surface area contributed by atoms with E-state index in [1.807, 2.05) is 48.5 Å². The average Bonchev–Trinajstić information content (AvgIpc) is 2.98. The number of carbonyl (C=O) groups is 2. The number of pyridine rings is 1. The third-order valence-corrected chi connectivity index (χ3v) is 7.03. The number of nitrogens with zero attached hydrogens (tertiary/aromatic N) is 2. The largest absolute Gasteiger partial charge is 0.458 e. The van der Waals surface area contributed by atoms with Crippen molar-refractivity contribution in [3.05, 3.63) is 84.1 Å². The van der Waals surface area contributed by atoms with Crippen LogP contribution in [-0.4, -0.2) is 36.1 Å². The molecule has 0 saturated heterocycles. The molecular weight excluding hydrogens is 416 g/mol. The quantitative estimate of drug-likeness (QED) is 0.363. The highest BCUT2D eigenvalue weighted by Crippen LogP contribution is 2.30. The van der Waals surface area contributed by atoms with E-state index in [-0.39, 0.29) is 17.1 Å². The molecule has 154 valence electrons. The Bertz CT molecular complexity index is 1480. The Hall–Kier alpha value is -3.78. The maximum Gasteiger partial charge on any atom is 0.327 e. The summed E-state index contributed by atoms with van der Waals surface area (Å²) in [5, 5.41) is 2.80. The van der Waals surface area contributed by atoms with Crippen LogP contribution in [0.5, 0.6) is 0 Å². The van der Waals surface area contributed by atoms with E-state index in [4.69, 9.17) is 4.74 Å². The third kappa shape index (κ3) is 3.12. The summed E-state index contributed by atoms with van der Waals surface area (Å²) < 4.78 is 31.1. The zero-order valence-electron chi connectivity index (χ0n) is 16.2. The molecule has 1 amide bonds. The van der Waals surface area contributed by atoms with Crippen LogP contribution in [0.15, 0.2) is 77.7 Å². The molecule has 0 aliphatic carbocycles. The first-order chi connectivity index (χ1) is 15.0. The van der Waals surface area contributed by atoms with E-state index in [1.165, 1.54) is 18.2 Å². The Kier molecular flexibility index (Phi) is 4.44. The van der Waals surface area contributed by atoms with E-state index in [9.17, 15) is 18.0 Å². The highest BCUT2D eigenvalue weighted by Gasteiger charge is 2.42. The van der Waals surface area contributed by atoms with Gasteiger partial charge in [0.1, 0.15) is 18.0 Å². The number of hydrogen-bond acceptors (Lipinski definition) is 6. The number of amides is 1. The Labute approximate surface area is 177 Å². The first-order valence-electron chi connectivity index (χ1n) is 9.55. The number of aromatic nitrogens is 1. The molecule has 4 aromatic rings. The van der Waals surface area contributed by atoms with Gasteiger partial charge in [0.15, 0.2) is 0 Å². The average molecular weight is 432 g/mol. The lowest BCUT2D eigenvalue weighted by Crippen LogP contribution is -2.35. The minimum absolute atomic E-state index is 0.0532. The molecule has 0 fully saturated rings. The van der Waals surface area contributed by atoms with Crippen LogP contribution in [0.25, 0.3) is 21.7 Å². The molecule has 31 heavy (non-hydrogen) atoms. The summed E-state index contributed by atoms with van der Waals surface area (Å²) in [5.41, 5.74) is 1.37. The van der Waals surface area contributed by atoms with Gasteiger partial charge in [0.2, 0.25) is 0 Å². The number of rotatable bonds is 4. The second-order valence-corrected chi connectivity index (χ2v) is 8.93. The molecule has 3 aromatic carbocycles. The first-order valence-corrected chi connectivity index (χ1v) is 11.0. The van der Waals surface area contributed by atoms with Gasteiger partial charge in [-0.2, -0.15) is 0 Å². The lowest BCUT2D eigenvalue weighted by Gasteiger charge is -2.15. The molecule has 8 heteroatoms. The van der Waals surface area contributed by atoms with Gasteiger partial charge in [0.25, 0.3) is 15.9 Å². The van der Waals surface area contributed by atoms with Gasteiger partial charge in [-0.15, -0.1) is 0 Å². The summed E-state index contributed by atoms with van der Waals surface area (Å²) in [7, 11) is -4.07. The number of esters is 1. The molecule has 1 aliphatic rings. The Morgan fingerprint density at radius 1 is 0.871 bits per heavy atom. The number of sulfonamides is 1. The number of carbonyl (C=O) groups excluding carboxylic acids is 2. The molecule has 1 aromatic heterocycles. The number of fused-ring (bicyclic) bond motifs is 4. The van der Waals surface area contributed by atoms with Crippen molar-refractivity contribution in [1.29, 1.82) is 0 Å². The van der Waals surface area contributed by atoms with Crippen LogP contribution < -0.4 is 0 Å². The Morgan fingerprint density at radius 2 is 1.52 bits per heavy atom. The van der Waals surface area contributed by atoms with Crippen molar-refractivity contribution in [2.75, 3.05) is 6.54 Å². The standard InChI is InChI=1S/C23H16N2O5S/c26-22(13-25-23(27)18-10-4-6-12-21(18)31(25,28)29)30-14-20-17-9-2-1-7-15(17)16-8-3-5-11-19(16)24-20/h1-12H,13-14H2. The van der Waals surface area contributed by atoms with E-state index in [0.717, 1.165) is 21.7 Å². The van der Waals surface area contributed by atoms with Gasteiger partial charge in [-0.1, -0.05) is 54.6 Å². The molecule has 7 nitrogen and oxygen atoms in total. The van der Waals surface area contributed by atoms with Gasteiger partial charge >= 0.3 is 5.97 Å². The van der Waals surface area contributed by atoms with Crippen LogP contribution in [0.2, 0.25) is 0 Å². The minimum atomic E-state index is -4.07. The molecule has 1 aliphatic heterocycles. The van der Waals surface area contributed by atoms with Crippen molar-refractivity contribution in [2.45, 2.75) is 11.5 Å². The summed E-state index contributed by atoms with van der Waals surface area (Å²) in [6.07, 6.45) is 0. The van der Waals surface area contributed by atoms with E-state index in [2.05, 4.69) is 4.98 Å². The highest BCUT2D eigenvalue weighted by molar-refractivity contribution is 7.90. The summed E-state index contributed by atoms with van der Waals surface area (Å²) in [4.78, 5) is 29.4. The summed E-state index contributed by atoms with van der Waals surface area (Å²) in [6, 6.07) is 21.2. The SMILES string of the molecule is O=C(CN1C(=O)c2ccccc2S1(=O)=O)OCc1nc2ccccc2c2ccccc12. The van der Waals surface area contributed by atoms with Crippen molar-refractivity contribution in [3.8, 4) is 0 Å². The maximum absolute atomic E-state index is 12.6. The number of benzene rings is 3. The highest BCUT2D eigenvalue weighted by atomic mass is 32.2. The van der Waals surface area contributed by atoms with Crippen molar-refractivity contribution < 1.29 is 22.7 Å². The predicted octanol–water partition coefficient (Wildman–Crippen LogP) is 3.28. The van der Waals surface area contributed by atoms with Gasteiger partial charge in [0.05, 0.1) is 16.8 Å². The van der Waals surface area contributed by atoms with E-state index < -0.39 is 28.4 Å². The molecule has 0 N–H and O–H groups in total. The van der Waals surface area contributed by atoms with Crippen LogP contribution in [0.4, 0.5) is 0 Å². The summed E-state index contributed by atoms with van der Waals surface area (Å²) >= 11 is 0. The fourth-order valence-corrected chi connectivity index (χ4v) is 5.30. The van der Waals surface area contributed by atoms with Crippen LogP contribution in [-0.2, 0) is 26.2 Å². The predicted molar refractivity (Wildman–Crippen MR) is 114 cm³/mol. The second-order valence-electron chi connectivity index (χ2n) is 7.09. The molecule has 2 heterocycles. The second kappa shape index (κ2) is 7.17. The van der Waals surface area contributed by atoms with Gasteiger partial charge in [-0.25, -0.2) is 17.7 Å². The fraction of sp³-hybridized carbons (Fsp3) is 0.0870. The number of para-hydroxylation sites is 1. The van der Waals surface area contributed by atoms with Crippen molar-refractivity contribution >= 4 is 43.6 Å². The third-order valence-electron chi connectivity index (χ3n) is 5.24. The van der Waals surface area contributed by atoms with Gasteiger partial charge in [-0.3, -0.25) is 9.59 Å². The van der Waals surface area contributed by atoms with E-state index in [1.54, 1.807) is 6.07 Å². The van der Waals surface area contributed by atoms with Crippen molar-refractivity contribution in [2.24, 2.45) is 0 Å². The Balaban J connectivity index is 1.39. The normalized spacial score (nSPS) is 14.7. The lowest BCUT2D eigenvalue weighted by atomic mass is 10.0. The Morgan fingerprint density at radius 3 is 2.29 bits per heavy atom. The van der Waals surface area contributed by atoms with Crippen LogP contribution in [0.1, 0.15) is 16.1 Å². The first kappa shape index (κ1) is 19.2. The topological polar surface area (TPSA) is 93.6 Å². The van der Waals surface area contributed by atoms with Crippen molar-refractivity contribution in [3.63, 3.8) is 0 Å². The lowest BCUT2D eigenvalue weighted by molar-refractivity contribution is -0.144. The zero-order chi connectivity index (χ0) is 21.6. The summed E-state index contributed by atoms with van der Waals surface area (Å²) in [5.74, 6) is -1.56. The molecule has 0 unspecified atom stereocenters. The van der Waals surface area contributed by atoms with Crippen LogP contribution >= 0.6 is 0 Å². The van der Waals surface area contributed by atoms with E-state index in [0.29, 0.717) is 10.00 Å². The molecule has 0 atom stereocenters. The van der Waals surface area contributed by atoms with Crippen LogP contribution in [0.3, 0.4) is 0 Å². The number of hydrogen-bond donors (Lipinski definition) is 0. The van der Waals surface area contributed by atoms with Gasteiger partial charge < -0.3 is 4.74 Å². The molecule has 0 radical (unpaired) electrons. The molecule has 5 rings (SSSR count). The molecule has 0 spiro atoms. The molecular formula is C23H16N2O5S. The molecule has 0 saturated carbocycles. The fourth-order valence-electron chi connectivity index (χ4n) is 3.78. The van der Waals surface area contributed by atoms with Crippen LogP contribution in [0, 0.1) is 0 Å². The van der Waals surface area contributed by atoms with E-state index >= 15 is 0 Å². The number of ether oxygens (including phenoxy) is 1. The monoisotopic (exact) mass is 432 g/mol. The smallest absolute Gasteiger partial charge is 0.327 e. The summed E-state index contributed by atoms with van der Waals surface area (Å²) in [6.45, 7) is -0.833. The van der Waals surface area contributed by atoms with Crippen molar-refractivity contribution in [1.82, 2.24) is 9.29 Å². The van der Waals surface area contributed by atoms with Gasteiger partial charge in [-0.05, 0) is 23.6 Å². The van der Waals surface area contributed by atoms with Gasteiger partial charge in [0, 0.05) is 10.8 Å². The minimum Gasteiger partial charge on any atom is -0.458 e. The maximum atomic E-state index is 12.6.